The minimum Gasteiger partial charge on any atom is -0.488 e. The molecule has 0 spiro atoms. The summed E-state index contributed by atoms with van der Waals surface area (Å²) in [6.45, 7) is 0.383. The average Bonchev–Trinajstić information content (AvgIpc) is 2.75. The lowest BCUT2D eigenvalue weighted by Crippen LogP contribution is -2.32. The number of rotatable bonds is 6. The van der Waals surface area contributed by atoms with Crippen molar-refractivity contribution in [1.82, 2.24) is 5.43 Å². The summed E-state index contributed by atoms with van der Waals surface area (Å²) in [5.41, 5.74) is 4.33. The number of ether oxygens (including phenoxy) is 1. The third-order valence-electron chi connectivity index (χ3n) is 3.90. The quantitative estimate of drug-likeness (QED) is 0.299. The Hall–Kier alpha value is -3.16. The summed E-state index contributed by atoms with van der Waals surface area (Å²) in [6, 6.07) is 21.5. The summed E-state index contributed by atoms with van der Waals surface area (Å²) >= 11 is 9.19. The van der Waals surface area contributed by atoms with E-state index in [0.29, 0.717) is 28.6 Å². The van der Waals surface area contributed by atoms with Gasteiger partial charge >= 0.3 is 11.8 Å². The lowest BCUT2D eigenvalue weighted by atomic mass is 10.2. The van der Waals surface area contributed by atoms with Crippen LogP contribution in [0.5, 0.6) is 5.75 Å². The Morgan fingerprint density at radius 2 is 1.67 bits per heavy atom. The van der Waals surface area contributed by atoms with Gasteiger partial charge in [-0.25, -0.2) is 5.43 Å². The molecule has 0 saturated heterocycles. The molecular weight excluding hydrogens is 470 g/mol. The van der Waals surface area contributed by atoms with Crippen molar-refractivity contribution in [2.75, 3.05) is 5.32 Å². The van der Waals surface area contributed by atoms with E-state index in [9.17, 15) is 9.59 Å². The highest BCUT2D eigenvalue weighted by Crippen LogP contribution is 2.18. The molecule has 0 aliphatic heterocycles. The number of nitrogens with zero attached hydrogens (tertiary/aromatic N) is 1. The molecule has 3 rings (SSSR count). The maximum Gasteiger partial charge on any atom is 0.329 e. The molecule has 30 heavy (non-hydrogen) atoms. The van der Waals surface area contributed by atoms with Crippen molar-refractivity contribution in [3.8, 4) is 5.75 Å². The number of halogens is 2. The van der Waals surface area contributed by atoms with E-state index >= 15 is 0 Å². The average molecular weight is 487 g/mol. The molecule has 0 atom stereocenters. The zero-order valence-electron chi connectivity index (χ0n) is 15.6. The van der Waals surface area contributed by atoms with Gasteiger partial charge in [0, 0.05) is 20.7 Å². The molecule has 0 aliphatic carbocycles. The van der Waals surface area contributed by atoms with E-state index in [-0.39, 0.29) is 0 Å². The molecule has 0 heterocycles. The highest BCUT2D eigenvalue weighted by molar-refractivity contribution is 9.10. The predicted molar refractivity (Wildman–Crippen MR) is 121 cm³/mol. The first-order valence-electron chi connectivity index (χ1n) is 8.87. The van der Waals surface area contributed by atoms with Crippen LogP contribution < -0.4 is 15.5 Å². The summed E-state index contributed by atoms with van der Waals surface area (Å²) in [6.07, 6.45) is 1.42. The van der Waals surface area contributed by atoms with Crippen molar-refractivity contribution >= 4 is 51.2 Å². The molecule has 6 nitrogen and oxygen atoms in total. The van der Waals surface area contributed by atoms with Crippen LogP contribution in [0, 0.1) is 0 Å². The molecule has 0 fully saturated rings. The fourth-order valence-electron chi connectivity index (χ4n) is 2.39. The lowest BCUT2D eigenvalue weighted by Gasteiger charge is -2.09. The second-order valence-electron chi connectivity index (χ2n) is 6.11. The first kappa shape index (κ1) is 21.5. The van der Waals surface area contributed by atoms with Gasteiger partial charge in [0.1, 0.15) is 12.4 Å². The van der Waals surface area contributed by atoms with E-state index < -0.39 is 11.8 Å². The Morgan fingerprint density at radius 3 is 2.40 bits per heavy atom. The molecule has 8 heteroatoms. The Bertz CT molecular complexity index is 1050. The molecule has 152 valence electrons. The number of carbonyl (C=O) groups is 2. The summed E-state index contributed by atoms with van der Waals surface area (Å²) < 4.78 is 6.84. The van der Waals surface area contributed by atoms with Crippen LogP contribution in [0.3, 0.4) is 0 Å². The van der Waals surface area contributed by atoms with Gasteiger partial charge in [-0.3, -0.25) is 9.59 Å². The summed E-state index contributed by atoms with van der Waals surface area (Å²) in [5.74, 6) is -1.13. The number of anilines is 1. The molecule has 2 N–H and O–H groups in total. The summed E-state index contributed by atoms with van der Waals surface area (Å²) in [7, 11) is 0. The number of nitrogens with one attached hydrogen (secondary N) is 2. The van der Waals surface area contributed by atoms with Gasteiger partial charge in [-0.15, -0.1) is 0 Å². The predicted octanol–water partition coefficient (Wildman–Crippen LogP) is 4.77. The lowest BCUT2D eigenvalue weighted by molar-refractivity contribution is -0.136. The molecule has 0 saturated carbocycles. The van der Waals surface area contributed by atoms with Crippen LogP contribution in [-0.4, -0.2) is 18.0 Å². The first-order valence-corrected chi connectivity index (χ1v) is 10.0. The number of hydrogen-bond donors (Lipinski definition) is 2. The van der Waals surface area contributed by atoms with Crippen molar-refractivity contribution in [3.05, 3.63) is 93.4 Å². The summed E-state index contributed by atoms with van der Waals surface area (Å²) in [5, 5.41) is 6.84. The van der Waals surface area contributed by atoms with E-state index in [0.717, 1.165) is 10.0 Å². The van der Waals surface area contributed by atoms with Gasteiger partial charge in [-0.1, -0.05) is 51.8 Å². The van der Waals surface area contributed by atoms with Crippen LogP contribution in [0.4, 0.5) is 5.69 Å². The molecule has 0 aliphatic rings. The third kappa shape index (κ3) is 6.43. The highest BCUT2D eigenvalue weighted by atomic mass is 79.9. The largest absolute Gasteiger partial charge is 0.488 e. The van der Waals surface area contributed by atoms with Gasteiger partial charge in [0.05, 0.1) is 6.21 Å². The number of amides is 2. The fourth-order valence-corrected chi connectivity index (χ4v) is 2.78. The molecule has 0 aromatic heterocycles. The number of para-hydroxylation sites is 1. The van der Waals surface area contributed by atoms with Crippen LogP contribution in [0.2, 0.25) is 5.02 Å². The Balaban J connectivity index is 1.56. The fraction of sp³-hybridized carbons (Fsp3) is 0.0455. The summed E-state index contributed by atoms with van der Waals surface area (Å²) in [4.78, 5) is 23.9. The molecule has 0 unspecified atom stereocenters. The first-order chi connectivity index (χ1) is 14.5. The number of benzene rings is 3. The molecule has 0 radical (unpaired) electrons. The van der Waals surface area contributed by atoms with E-state index in [4.69, 9.17) is 16.3 Å². The van der Waals surface area contributed by atoms with E-state index in [1.165, 1.54) is 6.21 Å². The van der Waals surface area contributed by atoms with E-state index in [1.54, 1.807) is 36.4 Å². The topological polar surface area (TPSA) is 79.8 Å². The van der Waals surface area contributed by atoms with E-state index in [2.05, 4.69) is 31.8 Å². The van der Waals surface area contributed by atoms with Crippen LogP contribution in [0.15, 0.2) is 82.4 Å². The van der Waals surface area contributed by atoms with Crippen LogP contribution in [0.25, 0.3) is 0 Å². The molecule has 3 aromatic rings. The highest BCUT2D eigenvalue weighted by Gasteiger charge is 2.12. The van der Waals surface area contributed by atoms with Gasteiger partial charge < -0.3 is 10.1 Å². The number of carbonyl (C=O) groups excluding carboxylic acids is 2. The maximum atomic E-state index is 11.9. The van der Waals surface area contributed by atoms with Gasteiger partial charge in [-0.2, -0.15) is 5.10 Å². The zero-order valence-corrected chi connectivity index (χ0v) is 18.0. The molecule has 3 aromatic carbocycles. The van der Waals surface area contributed by atoms with Crippen molar-refractivity contribution in [2.45, 2.75) is 6.61 Å². The van der Waals surface area contributed by atoms with E-state index in [1.807, 2.05) is 36.4 Å². The normalized spacial score (nSPS) is 10.6. The van der Waals surface area contributed by atoms with Crippen molar-refractivity contribution < 1.29 is 14.3 Å². The Morgan fingerprint density at radius 1 is 0.967 bits per heavy atom. The SMILES string of the molecule is O=C(N/N=C\c1ccccc1OCc1ccc(Br)cc1)C(=O)Nc1ccc(Cl)cc1. The zero-order chi connectivity index (χ0) is 21.3. The monoisotopic (exact) mass is 485 g/mol. The molecule has 0 bridgehead atoms. The number of hydrogen-bond acceptors (Lipinski definition) is 4. The smallest absolute Gasteiger partial charge is 0.329 e. The van der Waals surface area contributed by atoms with Gasteiger partial charge in [-0.05, 0) is 54.1 Å². The second-order valence-corrected chi connectivity index (χ2v) is 7.47. The second kappa shape index (κ2) is 10.6. The Kier molecular flexibility index (Phi) is 7.59. The van der Waals surface area contributed by atoms with Crippen molar-refractivity contribution in [3.63, 3.8) is 0 Å². The van der Waals surface area contributed by atoms with Crippen LogP contribution in [-0.2, 0) is 16.2 Å². The van der Waals surface area contributed by atoms with Gasteiger partial charge in [0.15, 0.2) is 0 Å². The Labute approximate surface area is 187 Å². The minimum absolute atomic E-state index is 0.383. The van der Waals surface area contributed by atoms with Gasteiger partial charge in [0.25, 0.3) is 0 Å². The van der Waals surface area contributed by atoms with Crippen molar-refractivity contribution in [1.29, 1.82) is 0 Å². The number of hydrazone groups is 1. The molecule has 2 amide bonds. The van der Waals surface area contributed by atoms with Crippen molar-refractivity contribution in [2.24, 2.45) is 5.10 Å². The third-order valence-corrected chi connectivity index (χ3v) is 4.69. The standard InChI is InChI=1S/C22H17BrClN3O3/c23-17-7-5-15(6-8-17)14-30-20-4-2-1-3-16(20)13-25-27-22(29)21(28)26-19-11-9-18(24)10-12-19/h1-13H,14H2,(H,26,28)(H,27,29)/b25-13-. The van der Waals surface area contributed by atoms with Crippen LogP contribution >= 0.6 is 27.5 Å². The van der Waals surface area contributed by atoms with Crippen LogP contribution in [0.1, 0.15) is 11.1 Å². The minimum atomic E-state index is -0.894. The maximum absolute atomic E-state index is 11.9. The van der Waals surface area contributed by atoms with Gasteiger partial charge in [0.2, 0.25) is 0 Å². The molecular formula is C22H17BrClN3O3.